The third-order valence-corrected chi connectivity index (χ3v) is 3.62. The minimum absolute atomic E-state index is 0.0629. The number of aromatic nitrogens is 1. The third kappa shape index (κ3) is 4.28. The lowest BCUT2D eigenvalue weighted by Crippen LogP contribution is -2.40. The van der Waals surface area contributed by atoms with Crippen molar-refractivity contribution in [3.8, 4) is 0 Å². The number of carbonyl (C=O) groups is 1. The minimum Gasteiger partial charge on any atom is -0.334 e. The van der Waals surface area contributed by atoms with Crippen LogP contribution in [0.15, 0.2) is 53.5 Å². The molecule has 0 aliphatic carbocycles. The van der Waals surface area contributed by atoms with E-state index < -0.39 is 10.5 Å². The van der Waals surface area contributed by atoms with Gasteiger partial charge in [0.1, 0.15) is 6.54 Å². The highest BCUT2D eigenvalue weighted by molar-refractivity contribution is 5.76. The quantitative estimate of drug-likeness (QED) is 0.600. The molecule has 0 aliphatic rings. The maximum absolute atomic E-state index is 12.6. The Balaban J connectivity index is 2.21. The monoisotopic (exact) mass is 329 g/mol. The van der Waals surface area contributed by atoms with Gasteiger partial charge in [0.05, 0.1) is 11.1 Å². The maximum atomic E-state index is 12.6. The van der Waals surface area contributed by atoms with Gasteiger partial charge in [-0.1, -0.05) is 30.3 Å². The van der Waals surface area contributed by atoms with Gasteiger partial charge >= 0.3 is 0 Å². The van der Waals surface area contributed by atoms with E-state index in [4.69, 9.17) is 0 Å². The number of hydrogen-bond donors (Lipinski definition) is 0. The molecule has 0 N–H and O–H groups in total. The van der Waals surface area contributed by atoms with Crippen LogP contribution in [0, 0.1) is 10.1 Å². The SMILES string of the molecule is CC(C)N(Cc1ccccc1)C(=O)Cn1cc([N+](=O)[O-])ccc1=O. The second-order valence-corrected chi connectivity index (χ2v) is 5.71. The van der Waals surface area contributed by atoms with Crippen molar-refractivity contribution < 1.29 is 9.72 Å². The first-order valence-corrected chi connectivity index (χ1v) is 7.56. The Labute approximate surface area is 139 Å². The molecule has 0 unspecified atom stereocenters. The predicted octanol–water partition coefficient (Wildman–Crippen LogP) is 2.19. The molecule has 24 heavy (non-hydrogen) atoms. The average Bonchev–Trinajstić information content (AvgIpc) is 2.55. The highest BCUT2D eigenvalue weighted by Crippen LogP contribution is 2.11. The molecule has 0 radical (unpaired) electrons. The van der Waals surface area contributed by atoms with E-state index in [1.54, 1.807) is 4.90 Å². The van der Waals surface area contributed by atoms with E-state index in [1.807, 2.05) is 44.2 Å². The summed E-state index contributed by atoms with van der Waals surface area (Å²) in [7, 11) is 0. The van der Waals surface area contributed by atoms with E-state index in [1.165, 1.54) is 0 Å². The minimum atomic E-state index is -0.593. The fourth-order valence-corrected chi connectivity index (χ4v) is 2.33. The lowest BCUT2D eigenvalue weighted by Gasteiger charge is -2.27. The Morgan fingerprint density at radius 1 is 1.21 bits per heavy atom. The van der Waals surface area contributed by atoms with Gasteiger partial charge in [-0.15, -0.1) is 0 Å². The molecule has 0 bridgehead atoms. The highest BCUT2D eigenvalue weighted by atomic mass is 16.6. The summed E-state index contributed by atoms with van der Waals surface area (Å²) < 4.78 is 1.07. The number of hydrogen-bond acceptors (Lipinski definition) is 4. The Hall–Kier alpha value is -2.96. The van der Waals surface area contributed by atoms with Crippen molar-refractivity contribution >= 4 is 11.6 Å². The summed E-state index contributed by atoms with van der Waals surface area (Å²) in [6.45, 7) is 3.96. The van der Waals surface area contributed by atoms with Crippen LogP contribution in [-0.2, 0) is 17.9 Å². The van der Waals surface area contributed by atoms with Gasteiger partial charge in [-0.3, -0.25) is 24.3 Å². The summed E-state index contributed by atoms with van der Waals surface area (Å²) in [5.41, 5.74) is 0.310. The van der Waals surface area contributed by atoms with Gasteiger partial charge in [-0.05, 0) is 19.4 Å². The molecule has 0 fully saturated rings. The summed E-state index contributed by atoms with van der Waals surface area (Å²) in [6, 6.07) is 11.7. The van der Waals surface area contributed by atoms with Gasteiger partial charge < -0.3 is 4.90 Å². The van der Waals surface area contributed by atoms with Crippen LogP contribution in [0.1, 0.15) is 19.4 Å². The molecule has 1 heterocycles. The summed E-state index contributed by atoms with van der Waals surface area (Å²) in [6.07, 6.45) is 1.10. The van der Waals surface area contributed by atoms with E-state index in [-0.39, 0.29) is 24.2 Å². The fraction of sp³-hybridized carbons (Fsp3) is 0.294. The van der Waals surface area contributed by atoms with Gasteiger partial charge in [0.2, 0.25) is 5.91 Å². The molecule has 0 spiro atoms. The van der Waals surface area contributed by atoms with Crippen molar-refractivity contribution in [3.05, 3.63) is 74.7 Å². The van der Waals surface area contributed by atoms with Crippen molar-refractivity contribution in [2.75, 3.05) is 0 Å². The zero-order valence-electron chi connectivity index (χ0n) is 13.6. The van der Waals surface area contributed by atoms with E-state index in [0.29, 0.717) is 6.54 Å². The van der Waals surface area contributed by atoms with Gasteiger partial charge in [-0.25, -0.2) is 0 Å². The molecule has 7 heteroatoms. The molecular formula is C17H19N3O4. The molecule has 2 rings (SSSR count). The van der Waals surface area contributed by atoms with E-state index in [0.717, 1.165) is 28.5 Å². The highest BCUT2D eigenvalue weighted by Gasteiger charge is 2.19. The second-order valence-electron chi connectivity index (χ2n) is 5.71. The van der Waals surface area contributed by atoms with Crippen LogP contribution in [0.4, 0.5) is 5.69 Å². The summed E-state index contributed by atoms with van der Waals surface area (Å²) >= 11 is 0. The smallest absolute Gasteiger partial charge is 0.285 e. The second kappa shape index (κ2) is 7.54. The molecule has 0 aliphatic heterocycles. The van der Waals surface area contributed by atoms with Crippen LogP contribution in [-0.4, -0.2) is 26.3 Å². The van der Waals surface area contributed by atoms with Gasteiger partial charge in [0.25, 0.3) is 11.2 Å². The number of pyridine rings is 1. The van der Waals surface area contributed by atoms with Gasteiger partial charge in [0, 0.05) is 24.7 Å². The first-order valence-electron chi connectivity index (χ1n) is 7.56. The number of carbonyl (C=O) groups excluding carboxylic acids is 1. The number of benzene rings is 1. The Morgan fingerprint density at radius 2 is 1.88 bits per heavy atom. The molecule has 1 amide bonds. The number of nitrogens with zero attached hydrogens (tertiary/aromatic N) is 3. The summed E-state index contributed by atoms with van der Waals surface area (Å²) in [5, 5.41) is 10.8. The first-order chi connectivity index (χ1) is 11.4. The predicted molar refractivity (Wildman–Crippen MR) is 89.5 cm³/mol. The molecule has 0 atom stereocenters. The zero-order valence-corrected chi connectivity index (χ0v) is 13.6. The average molecular weight is 329 g/mol. The van der Waals surface area contributed by atoms with Crippen LogP contribution in [0.25, 0.3) is 0 Å². The van der Waals surface area contributed by atoms with Gasteiger partial charge in [-0.2, -0.15) is 0 Å². The molecular weight excluding hydrogens is 310 g/mol. The number of amides is 1. The van der Waals surface area contributed by atoms with Crippen molar-refractivity contribution in [2.24, 2.45) is 0 Å². The first kappa shape index (κ1) is 17.4. The summed E-state index contributed by atoms with van der Waals surface area (Å²) in [4.78, 5) is 36.3. The molecule has 126 valence electrons. The zero-order chi connectivity index (χ0) is 17.7. The largest absolute Gasteiger partial charge is 0.334 e. The van der Waals surface area contributed by atoms with E-state index in [2.05, 4.69) is 0 Å². The maximum Gasteiger partial charge on any atom is 0.285 e. The number of rotatable bonds is 6. The van der Waals surface area contributed by atoms with Crippen LogP contribution in [0.3, 0.4) is 0 Å². The van der Waals surface area contributed by atoms with Crippen LogP contribution in [0.5, 0.6) is 0 Å². The normalized spacial score (nSPS) is 10.6. The van der Waals surface area contributed by atoms with E-state index in [9.17, 15) is 19.7 Å². The third-order valence-electron chi connectivity index (χ3n) is 3.62. The fourth-order valence-electron chi connectivity index (χ4n) is 2.33. The van der Waals surface area contributed by atoms with Crippen molar-refractivity contribution in [3.63, 3.8) is 0 Å². The molecule has 1 aromatic carbocycles. The van der Waals surface area contributed by atoms with Gasteiger partial charge in [0.15, 0.2) is 0 Å². The van der Waals surface area contributed by atoms with Crippen molar-refractivity contribution in [2.45, 2.75) is 33.0 Å². The van der Waals surface area contributed by atoms with E-state index >= 15 is 0 Å². The Morgan fingerprint density at radius 3 is 2.46 bits per heavy atom. The molecule has 7 nitrogen and oxygen atoms in total. The van der Waals surface area contributed by atoms with Crippen LogP contribution in [0.2, 0.25) is 0 Å². The Kier molecular flexibility index (Phi) is 5.47. The standard InChI is InChI=1S/C17H19N3O4/c1-13(2)19(10-14-6-4-3-5-7-14)17(22)12-18-11-15(20(23)24)8-9-16(18)21/h3-9,11,13H,10,12H2,1-2H3. The lowest BCUT2D eigenvalue weighted by atomic mass is 10.2. The molecule has 1 aromatic heterocycles. The van der Waals surface area contributed by atoms with Crippen molar-refractivity contribution in [1.82, 2.24) is 9.47 Å². The Bertz CT molecular complexity index is 784. The molecule has 0 saturated carbocycles. The topological polar surface area (TPSA) is 85.4 Å². The van der Waals surface area contributed by atoms with Crippen molar-refractivity contribution in [1.29, 1.82) is 0 Å². The van der Waals surface area contributed by atoms with Crippen LogP contribution < -0.4 is 5.56 Å². The number of nitro groups is 1. The van der Waals surface area contributed by atoms with Crippen LogP contribution >= 0.6 is 0 Å². The molecule has 2 aromatic rings. The summed E-state index contributed by atoms with van der Waals surface area (Å²) in [5.74, 6) is -0.267. The lowest BCUT2D eigenvalue weighted by molar-refractivity contribution is -0.385. The molecule has 0 saturated heterocycles.